The van der Waals surface area contributed by atoms with Crippen LogP contribution in [-0.4, -0.2) is 34.1 Å². The fraction of sp³-hybridized carbons (Fsp3) is 0.364. The van der Waals surface area contributed by atoms with E-state index in [4.69, 9.17) is 9.47 Å². The summed E-state index contributed by atoms with van der Waals surface area (Å²) in [5, 5.41) is 27.5. The van der Waals surface area contributed by atoms with Crippen LogP contribution in [0, 0.1) is 20.2 Å². The van der Waals surface area contributed by atoms with E-state index in [0.29, 0.717) is 36.8 Å². The second-order valence-corrected chi connectivity index (χ2v) is 7.76. The molecule has 34 heavy (non-hydrogen) atoms. The number of rotatable bonds is 8. The molecule has 0 unspecified atom stereocenters. The number of benzene rings is 2. The zero-order valence-corrected chi connectivity index (χ0v) is 18.2. The largest absolute Gasteiger partial charge is 0.444 e. The van der Waals surface area contributed by atoms with Crippen LogP contribution in [0.2, 0.25) is 0 Å². The number of ether oxygens (including phenoxy) is 2. The van der Waals surface area contributed by atoms with E-state index in [1.807, 2.05) is 0 Å². The summed E-state index contributed by atoms with van der Waals surface area (Å²) < 4.78 is 10.2. The summed E-state index contributed by atoms with van der Waals surface area (Å²) in [4.78, 5) is 45.2. The van der Waals surface area contributed by atoms with Crippen LogP contribution in [0.25, 0.3) is 0 Å². The molecule has 1 aliphatic carbocycles. The number of amides is 2. The Labute approximate surface area is 194 Å². The van der Waals surface area contributed by atoms with E-state index in [0.717, 1.165) is 0 Å². The Morgan fingerprint density at radius 1 is 0.735 bits per heavy atom. The molecule has 0 bridgehead atoms. The summed E-state index contributed by atoms with van der Waals surface area (Å²) in [6, 6.07) is 11.8. The van der Waals surface area contributed by atoms with E-state index in [1.54, 1.807) is 12.1 Å². The first-order valence-corrected chi connectivity index (χ1v) is 10.6. The summed E-state index contributed by atoms with van der Waals surface area (Å²) >= 11 is 0. The Morgan fingerprint density at radius 2 is 1.09 bits per heavy atom. The van der Waals surface area contributed by atoms with Crippen LogP contribution in [0.1, 0.15) is 36.8 Å². The van der Waals surface area contributed by atoms with Gasteiger partial charge in [0.15, 0.2) is 0 Å². The van der Waals surface area contributed by atoms with Crippen molar-refractivity contribution >= 4 is 23.6 Å². The van der Waals surface area contributed by atoms with Crippen molar-refractivity contribution in [2.45, 2.75) is 51.0 Å². The molecule has 2 N–H and O–H groups in total. The fourth-order valence-corrected chi connectivity index (χ4v) is 3.71. The Morgan fingerprint density at radius 3 is 1.44 bits per heavy atom. The normalized spacial score (nSPS) is 17.3. The molecule has 1 saturated carbocycles. The number of nitro benzene ring substituents is 2. The fourth-order valence-electron chi connectivity index (χ4n) is 3.71. The lowest BCUT2D eigenvalue weighted by Gasteiger charge is -2.29. The summed E-state index contributed by atoms with van der Waals surface area (Å²) in [6.07, 6.45) is 1.04. The lowest BCUT2D eigenvalue weighted by Crippen LogP contribution is -2.44. The standard InChI is InChI=1S/C22H24N4O8/c27-21(33-13-15-5-1-3-7-19(15)25(29)30)23-17-9-11-18(12-10-17)24-22(28)34-14-16-6-2-4-8-20(16)26(31)32/h1-8,17-18H,9-14H2,(H,23,27)(H,24,28). The van der Waals surface area contributed by atoms with Crippen molar-refractivity contribution in [1.29, 1.82) is 0 Å². The molecule has 0 saturated heterocycles. The molecule has 180 valence electrons. The van der Waals surface area contributed by atoms with Crippen molar-refractivity contribution in [3.63, 3.8) is 0 Å². The molecule has 1 aliphatic rings. The number of nitrogens with zero attached hydrogens (tertiary/aromatic N) is 2. The highest BCUT2D eigenvalue weighted by molar-refractivity contribution is 5.68. The van der Waals surface area contributed by atoms with Crippen molar-refractivity contribution in [3.8, 4) is 0 Å². The van der Waals surface area contributed by atoms with E-state index >= 15 is 0 Å². The first-order valence-electron chi connectivity index (χ1n) is 10.6. The van der Waals surface area contributed by atoms with Gasteiger partial charge in [-0.3, -0.25) is 20.2 Å². The quantitative estimate of drug-likeness (QED) is 0.430. The smallest absolute Gasteiger partial charge is 0.407 e. The SMILES string of the molecule is O=C(NC1CCC(NC(=O)OCc2ccccc2[N+](=O)[O-])CC1)OCc1ccccc1[N+](=O)[O-]. The Kier molecular flexibility index (Phi) is 8.32. The van der Waals surface area contributed by atoms with E-state index < -0.39 is 22.0 Å². The minimum absolute atomic E-state index is 0.115. The van der Waals surface area contributed by atoms with Gasteiger partial charge in [-0.1, -0.05) is 24.3 Å². The minimum Gasteiger partial charge on any atom is -0.444 e. The van der Waals surface area contributed by atoms with Crippen LogP contribution >= 0.6 is 0 Å². The molecule has 0 aromatic heterocycles. The van der Waals surface area contributed by atoms with Gasteiger partial charge in [0.05, 0.1) is 21.0 Å². The molecule has 12 heteroatoms. The van der Waals surface area contributed by atoms with Crippen molar-refractivity contribution in [2.24, 2.45) is 0 Å². The lowest BCUT2D eigenvalue weighted by atomic mass is 9.91. The Balaban J connectivity index is 1.37. The van der Waals surface area contributed by atoms with Gasteiger partial charge in [0.1, 0.15) is 13.2 Å². The Hall–Kier alpha value is -4.22. The van der Waals surface area contributed by atoms with E-state index in [9.17, 15) is 29.8 Å². The molecule has 2 amide bonds. The lowest BCUT2D eigenvalue weighted by molar-refractivity contribution is -0.386. The predicted molar refractivity (Wildman–Crippen MR) is 119 cm³/mol. The van der Waals surface area contributed by atoms with Crippen molar-refractivity contribution in [3.05, 3.63) is 79.9 Å². The predicted octanol–water partition coefficient (Wildman–Crippen LogP) is 3.97. The monoisotopic (exact) mass is 472 g/mol. The zero-order chi connectivity index (χ0) is 24.5. The van der Waals surface area contributed by atoms with E-state index in [2.05, 4.69) is 10.6 Å². The summed E-state index contributed by atoms with van der Waals surface area (Å²) in [5.41, 5.74) is 0.371. The van der Waals surface area contributed by atoms with Crippen LogP contribution in [0.3, 0.4) is 0 Å². The van der Waals surface area contributed by atoms with Crippen molar-refractivity contribution in [1.82, 2.24) is 10.6 Å². The molecule has 2 aromatic carbocycles. The van der Waals surface area contributed by atoms with Gasteiger partial charge in [-0.15, -0.1) is 0 Å². The van der Waals surface area contributed by atoms with Crippen molar-refractivity contribution < 1.29 is 28.9 Å². The van der Waals surface area contributed by atoms with Crippen LogP contribution in [-0.2, 0) is 22.7 Å². The third-order valence-corrected chi connectivity index (χ3v) is 5.47. The van der Waals surface area contributed by atoms with Crippen LogP contribution in [0.5, 0.6) is 0 Å². The number of alkyl carbamates (subject to hydrolysis) is 2. The van der Waals surface area contributed by atoms with Gasteiger partial charge in [-0.2, -0.15) is 0 Å². The first-order chi connectivity index (χ1) is 16.3. The highest BCUT2D eigenvalue weighted by Crippen LogP contribution is 2.21. The number of para-hydroxylation sites is 2. The molecule has 0 heterocycles. The second kappa shape index (κ2) is 11.6. The zero-order valence-electron chi connectivity index (χ0n) is 18.2. The molecular formula is C22H24N4O8. The van der Waals surface area contributed by atoms with E-state index in [-0.39, 0.29) is 36.7 Å². The van der Waals surface area contributed by atoms with Gasteiger partial charge in [0, 0.05) is 24.2 Å². The molecule has 0 radical (unpaired) electrons. The molecule has 12 nitrogen and oxygen atoms in total. The maximum absolute atomic E-state index is 12.1. The van der Waals surface area contributed by atoms with Gasteiger partial charge in [0.2, 0.25) is 0 Å². The maximum Gasteiger partial charge on any atom is 0.407 e. The molecule has 0 aliphatic heterocycles. The molecule has 2 aromatic rings. The Bertz CT molecular complexity index is 969. The average molecular weight is 472 g/mol. The van der Waals surface area contributed by atoms with Gasteiger partial charge in [-0.25, -0.2) is 9.59 Å². The second-order valence-electron chi connectivity index (χ2n) is 7.76. The number of carbonyl (C=O) groups excluding carboxylic acids is 2. The topological polar surface area (TPSA) is 163 Å². The number of nitro groups is 2. The number of nitrogens with one attached hydrogen (secondary N) is 2. The molecule has 0 atom stereocenters. The molecule has 3 rings (SSSR count). The van der Waals surface area contributed by atoms with Gasteiger partial charge < -0.3 is 20.1 Å². The molecule has 1 fully saturated rings. The van der Waals surface area contributed by atoms with Gasteiger partial charge in [-0.05, 0) is 37.8 Å². The maximum atomic E-state index is 12.1. The molecule has 0 spiro atoms. The summed E-state index contributed by atoms with van der Waals surface area (Å²) in [6.45, 7) is -0.434. The van der Waals surface area contributed by atoms with Crippen LogP contribution in [0.4, 0.5) is 21.0 Å². The van der Waals surface area contributed by atoms with E-state index in [1.165, 1.54) is 36.4 Å². The highest BCUT2D eigenvalue weighted by Gasteiger charge is 2.25. The summed E-state index contributed by atoms with van der Waals surface area (Å²) in [7, 11) is 0. The van der Waals surface area contributed by atoms with Crippen LogP contribution in [0.15, 0.2) is 48.5 Å². The van der Waals surface area contributed by atoms with Gasteiger partial charge >= 0.3 is 12.2 Å². The van der Waals surface area contributed by atoms with Crippen LogP contribution < -0.4 is 10.6 Å². The average Bonchev–Trinajstić information content (AvgIpc) is 2.83. The third kappa shape index (κ3) is 6.89. The number of carbonyl (C=O) groups is 2. The number of hydrogen-bond acceptors (Lipinski definition) is 8. The van der Waals surface area contributed by atoms with Gasteiger partial charge in [0.25, 0.3) is 11.4 Å². The number of hydrogen-bond donors (Lipinski definition) is 2. The third-order valence-electron chi connectivity index (χ3n) is 5.47. The first kappa shape index (κ1) is 24.4. The summed E-state index contributed by atoms with van der Waals surface area (Å²) in [5.74, 6) is 0. The minimum atomic E-state index is -0.668. The van der Waals surface area contributed by atoms with Crippen molar-refractivity contribution in [2.75, 3.05) is 0 Å². The highest BCUT2D eigenvalue weighted by atomic mass is 16.6. The molecular weight excluding hydrogens is 448 g/mol.